The number of carbonyl (C=O) groups is 1. The van der Waals surface area contributed by atoms with Crippen LogP contribution in [0.4, 0.5) is 0 Å². The van der Waals surface area contributed by atoms with Crippen LogP contribution in [0.1, 0.15) is 43.0 Å². The minimum absolute atomic E-state index is 0.309. The van der Waals surface area contributed by atoms with E-state index in [1.54, 1.807) is 24.3 Å². The zero-order valence-electron chi connectivity index (χ0n) is 12.5. The molecule has 0 bridgehead atoms. The van der Waals surface area contributed by atoms with Crippen molar-refractivity contribution in [3.05, 3.63) is 29.8 Å². The van der Waals surface area contributed by atoms with Crippen LogP contribution in [0.5, 0.6) is 5.75 Å². The lowest BCUT2D eigenvalue weighted by Gasteiger charge is -2.26. The minimum atomic E-state index is -0.309. The first-order valence-corrected chi connectivity index (χ1v) is 7.54. The molecule has 21 heavy (non-hydrogen) atoms. The van der Waals surface area contributed by atoms with Gasteiger partial charge in [-0.1, -0.05) is 19.8 Å². The first kappa shape index (κ1) is 15.8. The Bertz CT molecular complexity index is 447. The van der Waals surface area contributed by atoms with E-state index in [2.05, 4.69) is 12.3 Å². The molecule has 0 saturated heterocycles. The zero-order valence-corrected chi connectivity index (χ0v) is 12.5. The fourth-order valence-electron chi connectivity index (χ4n) is 2.69. The molecule has 1 fully saturated rings. The summed E-state index contributed by atoms with van der Waals surface area (Å²) in [6.45, 7) is 3.40. The minimum Gasteiger partial charge on any atom is -0.491 e. The van der Waals surface area contributed by atoms with Crippen molar-refractivity contribution in [1.82, 2.24) is 5.43 Å². The molecule has 0 radical (unpaired) electrons. The van der Waals surface area contributed by atoms with Crippen molar-refractivity contribution in [3.8, 4) is 5.75 Å². The van der Waals surface area contributed by atoms with Crippen LogP contribution in [0.15, 0.2) is 24.3 Å². The third-order valence-corrected chi connectivity index (χ3v) is 3.84. The summed E-state index contributed by atoms with van der Waals surface area (Å²) >= 11 is 0. The molecule has 0 spiro atoms. The van der Waals surface area contributed by atoms with Crippen molar-refractivity contribution < 1.29 is 14.3 Å². The van der Waals surface area contributed by atoms with Gasteiger partial charge < -0.3 is 9.47 Å². The summed E-state index contributed by atoms with van der Waals surface area (Å²) in [5, 5.41) is 0. The second-order valence-electron chi connectivity index (χ2n) is 5.61. The molecule has 2 unspecified atom stereocenters. The molecule has 116 valence electrons. The van der Waals surface area contributed by atoms with E-state index in [0.717, 1.165) is 24.5 Å². The van der Waals surface area contributed by atoms with Gasteiger partial charge in [0.2, 0.25) is 0 Å². The van der Waals surface area contributed by atoms with Crippen LogP contribution in [0.25, 0.3) is 0 Å². The first-order chi connectivity index (χ1) is 10.2. The smallest absolute Gasteiger partial charge is 0.265 e. The monoisotopic (exact) mass is 292 g/mol. The summed E-state index contributed by atoms with van der Waals surface area (Å²) in [6.07, 6.45) is 5.28. The molecule has 1 aliphatic rings. The van der Waals surface area contributed by atoms with E-state index < -0.39 is 0 Å². The number of ether oxygens (including phenoxy) is 2. The SMILES string of the molecule is CC1CCCC(OCCOc2ccc(C(=O)NN)cc2)C1. The van der Waals surface area contributed by atoms with Crippen molar-refractivity contribution in [3.63, 3.8) is 0 Å². The topological polar surface area (TPSA) is 73.6 Å². The molecule has 3 N–H and O–H groups in total. The highest BCUT2D eigenvalue weighted by molar-refractivity contribution is 5.93. The van der Waals surface area contributed by atoms with Gasteiger partial charge in [0.25, 0.3) is 5.91 Å². The summed E-state index contributed by atoms with van der Waals surface area (Å²) < 4.78 is 11.5. The molecule has 1 saturated carbocycles. The third-order valence-electron chi connectivity index (χ3n) is 3.84. The lowest BCUT2D eigenvalue weighted by atomic mass is 9.89. The summed E-state index contributed by atoms with van der Waals surface area (Å²) in [7, 11) is 0. The highest BCUT2D eigenvalue weighted by atomic mass is 16.5. The van der Waals surface area contributed by atoms with Gasteiger partial charge in [0, 0.05) is 5.56 Å². The van der Waals surface area contributed by atoms with Crippen LogP contribution in [0.3, 0.4) is 0 Å². The molecule has 5 heteroatoms. The van der Waals surface area contributed by atoms with Gasteiger partial charge in [-0.05, 0) is 43.0 Å². The summed E-state index contributed by atoms with van der Waals surface area (Å²) in [5.74, 6) is 6.26. The quantitative estimate of drug-likeness (QED) is 0.365. The van der Waals surface area contributed by atoms with Gasteiger partial charge in [0.15, 0.2) is 0 Å². The second-order valence-corrected chi connectivity index (χ2v) is 5.61. The number of nitrogens with two attached hydrogens (primary N) is 1. The van der Waals surface area contributed by atoms with Crippen molar-refractivity contribution in [2.75, 3.05) is 13.2 Å². The molecule has 1 aliphatic carbocycles. The number of nitrogen functional groups attached to an aromatic ring is 1. The third kappa shape index (κ3) is 5.02. The second kappa shape index (κ2) is 8.00. The molecule has 5 nitrogen and oxygen atoms in total. The Morgan fingerprint density at radius 1 is 1.29 bits per heavy atom. The van der Waals surface area contributed by atoms with Crippen LogP contribution in [-0.2, 0) is 4.74 Å². The number of amides is 1. The van der Waals surface area contributed by atoms with Crippen LogP contribution < -0.4 is 16.0 Å². The number of hydrogen-bond acceptors (Lipinski definition) is 4. The van der Waals surface area contributed by atoms with Crippen LogP contribution in [0, 0.1) is 5.92 Å². The summed E-state index contributed by atoms with van der Waals surface area (Å²) in [4.78, 5) is 11.3. The Labute approximate surface area is 125 Å². The Morgan fingerprint density at radius 3 is 2.71 bits per heavy atom. The molecule has 0 aromatic heterocycles. The fraction of sp³-hybridized carbons (Fsp3) is 0.562. The Hall–Kier alpha value is -1.59. The van der Waals surface area contributed by atoms with E-state index in [-0.39, 0.29) is 5.91 Å². The Morgan fingerprint density at radius 2 is 2.05 bits per heavy atom. The molecule has 2 atom stereocenters. The summed E-state index contributed by atoms with van der Waals surface area (Å²) in [5.41, 5.74) is 2.60. The predicted molar refractivity (Wildman–Crippen MR) is 81.0 cm³/mol. The standard InChI is InChI=1S/C16H24N2O3/c1-12-3-2-4-15(11-12)21-10-9-20-14-7-5-13(6-8-14)16(19)18-17/h5-8,12,15H,2-4,9-11,17H2,1H3,(H,18,19). The van der Waals surface area contributed by atoms with E-state index in [1.807, 2.05) is 0 Å². The normalized spacial score (nSPS) is 21.8. The largest absolute Gasteiger partial charge is 0.491 e. The number of carbonyl (C=O) groups excluding carboxylic acids is 1. The molecule has 1 amide bonds. The number of hydrogen-bond donors (Lipinski definition) is 2. The van der Waals surface area contributed by atoms with E-state index >= 15 is 0 Å². The summed E-state index contributed by atoms with van der Waals surface area (Å²) in [6, 6.07) is 6.88. The number of nitrogens with one attached hydrogen (secondary N) is 1. The molecular formula is C16H24N2O3. The van der Waals surface area contributed by atoms with E-state index in [4.69, 9.17) is 15.3 Å². The van der Waals surface area contributed by atoms with E-state index in [9.17, 15) is 4.79 Å². The Kier molecular flexibility index (Phi) is 6.02. The number of benzene rings is 1. The molecule has 1 aromatic rings. The lowest BCUT2D eigenvalue weighted by molar-refractivity contribution is 0.00196. The average molecular weight is 292 g/mol. The van der Waals surface area contributed by atoms with Crippen molar-refractivity contribution in [1.29, 1.82) is 0 Å². The maximum atomic E-state index is 11.3. The van der Waals surface area contributed by atoms with Gasteiger partial charge in [0.1, 0.15) is 12.4 Å². The lowest BCUT2D eigenvalue weighted by Crippen LogP contribution is -2.29. The van der Waals surface area contributed by atoms with Crippen LogP contribution in [-0.4, -0.2) is 25.2 Å². The van der Waals surface area contributed by atoms with Gasteiger partial charge >= 0.3 is 0 Å². The van der Waals surface area contributed by atoms with E-state index in [1.165, 1.54) is 12.8 Å². The average Bonchev–Trinajstić information content (AvgIpc) is 2.51. The zero-order chi connectivity index (χ0) is 15.1. The highest BCUT2D eigenvalue weighted by Gasteiger charge is 2.18. The van der Waals surface area contributed by atoms with Crippen molar-refractivity contribution in [2.24, 2.45) is 11.8 Å². The van der Waals surface area contributed by atoms with Gasteiger partial charge in [-0.15, -0.1) is 0 Å². The van der Waals surface area contributed by atoms with Crippen molar-refractivity contribution in [2.45, 2.75) is 38.7 Å². The number of rotatable bonds is 6. The van der Waals surface area contributed by atoms with Gasteiger partial charge in [-0.25, -0.2) is 5.84 Å². The van der Waals surface area contributed by atoms with Gasteiger partial charge in [-0.3, -0.25) is 10.2 Å². The maximum absolute atomic E-state index is 11.3. The molecule has 2 rings (SSSR count). The van der Waals surface area contributed by atoms with Crippen molar-refractivity contribution >= 4 is 5.91 Å². The first-order valence-electron chi connectivity index (χ1n) is 7.54. The van der Waals surface area contributed by atoms with Gasteiger partial charge in [0.05, 0.1) is 12.7 Å². The highest BCUT2D eigenvalue weighted by Crippen LogP contribution is 2.25. The van der Waals surface area contributed by atoms with Crippen LogP contribution >= 0.6 is 0 Å². The van der Waals surface area contributed by atoms with Crippen LogP contribution in [0.2, 0.25) is 0 Å². The Balaban J connectivity index is 1.67. The molecular weight excluding hydrogens is 268 g/mol. The predicted octanol–water partition coefficient (Wildman–Crippen LogP) is 2.26. The van der Waals surface area contributed by atoms with Gasteiger partial charge in [-0.2, -0.15) is 0 Å². The molecule has 1 aromatic carbocycles. The maximum Gasteiger partial charge on any atom is 0.265 e. The fourth-order valence-corrected chi connectivity index (χ4v) is 2.69. The number of hydrazine groups is 1. The van der Waals surface area contributed by atoms with E-state index in [0.29, 0.717) is 24.9 Å². The molecule has 0 heterocycles. The molecule has 0 aliphatic heterocycles.